The van der Waals surface area contributed by atoms with Crippen LogP contribution in [0.15, 0.2) is 72.8 Å². The summed E-state index contributed by atoms with van der Waals surface area (Å²) in [5.41, 5.74) is 3.69. The molecule has 0 aromatic heterocycles. The van der Waals surface area contributed by atoms with Gasteiger partial charge in [-0.3, -0.25) is 0 Å². The highest BCUT2D eigenvalue weighted by Crippen LogP contribution is 2.13. The lowest BCUT2D eigenvalue weighted by Gasteiger charge is -2.17. The normalized spacial score (nSPS) is 10.5. The first-order chi connectivity index (χ1) is 15.2. The molecule has 0 saturated carbocycles. The van der Waals surface area contributed by atoms with Crippen molar-refractivity contribution in [2.24, 2.45) is 0 Å². The number of benzene rings is 3. The van der Waals surface area contributed by atoms with Crippen LogP contribution in [0, 0.1) is 0 Å². The Morgan fingerprint density at radius 3 is 0.935 bits per heavy atom. The molecule has 3 aromatic carbocycles. The molecular weight excluding hydrogens is 383 g/mol. The van der Waals surface area contributed by atoms with Crippen LogP contribution in [0.4, 0.5) is 0 Å². The summed E-state index contributed by atoms with van der Waals surface area (Å²) >= 11 is 0. The Balaban J connectivity index is 1.90. The maximum Gasteiger partial charge on any atom is 0.241 e. The topological polar surface area (TPSA) is 27.7 Å². The summed E-state index contributed by atoms with van der Waals surface area (Å²) in [4.78, 5) is 0. The fourth-order valence-electron chi connectivity index (χ4n) is 3.51. The number of hydrogen-bond acceptors (Lipinski definition) is 3. The van der Waals surface area contributed by atoms with E-state index in [2.05, 4.69) is 93.6 Å². The Bertz CT molecular complexity index is 767. The van der Waals surface area contributed by atoms with Crippen molar-refractivity contribution in [3.63, 3.8) is 0 Å². The zero-order chi connectivity index (χ0) is 21.9. The number of rotatable bonds is 12. The Labute approximate surface area is 187 Å². The molecule has 0 radical (unpaired) electrons. The van der Waals surface area contributed by atoms with E-state index in [0.29, 0.717) is 0 Å². The lowest BCUT2D eigenvalue weighted by Crippen LogP contribution is -2.51. The molecule has 0 aliphatic carbocycles. The van der Waals surface area contributed by atoms with E-state index < -0.39 is 0 Å². The van der Waals surface area contributed by atoms with Crippen molar-refractivity contribution in [3.8, 4) is 17.2 Å². The van der Waals surface area contributed by atoms with E-state index in [-0.39, 0.29) is 6.71 Å². The summed E-state index contributed by atoms with van der Waals surface area (Å²) in [5, 5.41) is 0. The van der Waals surface area contributed by atoms with Crippen LogP contribution in [0.1, 0.15) is 40.0 Å². The standard InChI is InChI=1S/C27H33BO3/c1-4-19-29-25-13-7-22(8-14-25)28(23-9-15-26(16-10-23)30-20-5-2)24-11-17-27(18-12-24)31-21-6-3/h7-18H,4-6,19-21H2,1-3H3. The minimum Gasteiger partial charge on any atom is -0.494 e. The maximum atomic E-state index is 5.77. The zero-order valence-electron chi connectivity index (χ0n) is 19.0. The summed E-state index contributed by atoms with van der Waals surface area (Å²) < 4.78 is 17.3. The van der Waals surface area contributed by atoms with E-state index in [4.69, 9.17) is 14.2 Å². The molecule has 3 aromatic rings. The Morgan fingerprint density at radius 1 is 0.452 bits per heavy atom. The molecule has 162 valence electrons. The van der Waals surface area contributed by atoms with Crippen molar-refractivity contribution in [2.45, 2.75) is 40.0 Å². The summed E-state index contributed by atoms with van der Waals surface area (Å²) in [5.74, 6) is 2.74. The lowest BCUT2D eigenvalue weighted by molar-refractivity contribution is 0.317. The molecule has 0 bridgehead atoms. The molecule has 31 heavy (non-hydrogen) atoms. The van der Waals surface area contributed by atoms with Crippen molar-refractivity contribution < 1.29 is 14.2 Å². The number of hydrogen-bond donors (Lipinski definition) is 0. The first kappa shape index (κ1) is 22.8. The van der Waals surface area contributed by atoms with Gasteiger partial charge in [0.2, 0.25) is 6.71 Å². The zero-order valence-corrected chi connectivity index (χ0v) is 19.0. The average molecular weight is 416 g/mol. The van der Waals surface area contributed by atoms with Gasteiger partial charge in [0.1, 0.15) is 17.2 Å². The molecule has 0 spiro atoms. The second-order valence-electron chi connectivity index (χ2n) is 7.69. The van der Waals surface area contributed by atoms with Gasteiger partial charge in [-0.05, 0) is 55.7 Å². The molecule has 0 saturated heterocycles. The van der Waals surface area contributed by atoms with E-state index in [0.717, 1.165) is 56.3 Å². The van der Waals surface area contributed by atoms with Crippen LogP contribution >= 0.6 is 0 Å². The van der Waals surface area contributed by atoms with E-state index >= 15 is 0 Å². The smallest absolute Gasteiger partial charge is 0.241 e. The van der Waals surface area contributed by atoms with Gasteiger partial charge in [0.25, 0.3) is 0 Å². The molecule has 4 heteroatoms. The highest BCUT2D eigenvalue weighted by Gasteiger charge is 2.22. The van der Waals surface area contributed by atoms with Crippen molar-refractivity contribution in [2.75, 3.05) is 19.8 Å². The SMILES string of the molecule is CCCOc1ccc(B(c2ccc(OCCC)cc2)c2ccc(OCCC)cc2)cc1. The maximum absolute atomic E-state index is 5.77. The Hall–Kier alpha value is -2.88. The largest absolute Gasteiger partial charge is 0.494 e. The lowest BCUT2D eigenvalue weighted by atomic mass is 9.37. The van der Waals surface area contributed by atoms with Crippen molar-refractivity contribution in [1.29, 1.82) is 0 Å². The van der Waals surface area contributed by atoms with Gasteiger partial charge < -0.3 is 14.2 Å². The monoisotopic (exact) mass is 416 g/mol. The molecule has 0 atom stereocenters. The molecule has 0 unspecified atom stereocenters. The Morgan fingerprint density at radius 2 is 0.710 bits per heavy atom. The van der Waals surface area contributed by atoms with Gasteiger partial charge in [0.15, 0.2) is 0 Å². The van der Waals surface area contributed by atoms with Crippen LogP contribution in [0.2, 0.25) is 0 Å². The molecule has 0 amide bonds. The van der Waals surface area contributed by atoms with Crippen LogP contribution in [0.3, 0.4) is 0 Å². The molecule has 0 aliphatic heterocycles. The average Bonchev–Trinajstić information content (AvgIpc) is 2.82. The predicted octanol–water partition coefficient (Wildman–Crippen LogP) is 4.57. The van der Waals surface area contributed by atoms with E-state index in [1.807, 2.05) is 0 Å². The molecule has 0 N–H and O–H groups in total. The summed E-state index contributed by atoms with van der Waals surface area (Å²) in [7, 11) is 0. The third-order valence-electron chi connectivity index (χ3n) is 5.06. The van der Waals surface area contributed by atoms with Crippen LogP contribution in [-0.4, -0.2) is 26.5 Å². The first-order valence-electron chi connectivity index (χ1n) is 11.4. The van der Waals surface area contributed by atoms with Crippen LogP contribution in [0.5, 0.6) is 17.2 Å². The predicted molar refractivity (Wildman–Crippen MR) is 131 cm³/mol. The third kappa shape index (κ3) is 6.55. The third-order valence-corrected chi connectivity index (χ3v) is 5.06. The van der Waals surface area contributed by atoms with E-state index in [1.54, 1.807) is 0 Å². The molecule has 0 fully saturated rings. The van der Waals surface area contributed by atoms with Crippen LogP contribution in [0.25, 0.3) is 0 Å². The molecular formula is C27H33BO3. The molecule has 3 rings (SSSR count). The van der Waals surface area contributed by atoms with E-state index in [1.165, 1.54) is 16.4 Å². The fourth-order valence-corrected chi connectivity index (χ4v) is 3.51. The quantitative estimate of drug-likeness (QED) is 0.405. The van der Waals surface area contributed by atoms with E-state index in [9.17, 15) is 0 Å². The van der Waals surface area contributed by atoms with Crippen LogP contribution in [-0.2, 0) is 0 Å². The van der Waals surface area contributed by atoms with Gasteiger partial charge in [-0.2, -0.15) is 0 Å². The van der Waals surface area contributed by atoms with Crippen molar-refractivity contribution in [3.05, 3.63) is 72.8 Å². The minimum absolute atomic E-state index is 0.126. The second-order valence-corrected chi connectivity index (χ2v) is 7.69. The van der Waals surface area contributed by atoms with Gasteiger partial charge in [-0.15, -0.1) is 0 Å². The van der Waals surface area contributed by atoms with Crippen LogP contribution < -0.4 is 30.6 Å². The second kappa shape index (κ2) is 12.1. The highest BCUT2D eigenvalue weighted by molar-refractivity contribution is 6.95. The summed E-state index contributed by atoms with van der Waals surface area (Å²) in [6, 6.07) is 25.4. The number of ether oxygens (including phenoxy) is 3. The van der Waals surface area contributed by atoms with Gasteiger partial charge in [-0.1, -0.05) is 73.6 Å². The Kier molecular flexibility index (Phi) is 8.90. The van der Waals surface area contributed by atoms with Gasteiger partial charge in [0, 0.05) is 0 Å². The summed E-state index contributed by atoms with van der Waals surface area (Å²) in [6.45, 7) is 8.69. The summed E-state index contributed by atoms with van der Waals surface area (Å²) in [6.07, 6.45) is 3.01. The minimum atomic E-state index is 0.126. The van der Waals surface area contributed by atoms with Gasteiger partial charge in [0.05, 0.1) is 19.8 Å². The molecule has 0 aliphatic rings. The van der Waals surface area contributed by atoms with Gasteiger partial charge >= 0.3 is 0 Å². The highest BCUT2D eigenvalue weighted by atomic mass is 16.5. The fraction of sp³-hybridized carbons (Fsp3) is 0.333. The van der Waals surface area contributed by atoms with Gasteiger partial charge in [-0.25, -0.2) is 0 Å². The molecule has 0 heterocycles. The van der Waals surface area contributed by atoms with Crippen molar-refractivity contribution >= 4 is 23.1 Å². The molecule has 3 nitrogen and oxygen atoms in total. The van der Waals surface area contributed by atoms with Crippen molar-refractivity contribution in [1.82, 2.24) is 0 Å². The first-order valence-corrected chi connectivity index (χ1v) is 11.4.